The number of phenolic OH excluding ortho intramolecular Hbond substituents is 1. The molecule has 2 aromatic carbocycles. The molecule has 94 valence electrons. The topological polar surface area (TPSA) is 49.7 Å². The zero-order valence-corrected chi connectivity index (χ0v) is 11.2. The smallest absolute Gasteiger partial charge is 0.120 e. The molecule has 0 spiro atoms. The highest BCUT2D eigenvalue weighted by Gasteiger charge is 2.02. The van der Waals surface area contributed by atoms with Gasteiger partial charge in [-0.25, -0.2) is 0 Å². The fourth-order valence-electron chi connectivity index (χ4n) is 1.52. The van der Waals surface area contributed by atoms with E-state index in [0.29, 0.717) is 12.4 Å². The first kappa shape index (κ1) is 12.9. The van der Waals surface area contributed by atoms with Gasteiger partial charge in [-0.05, 0) is 41.5 Å². The maximum absolute atomic E-state index is 9.17. The molecule has 0 aliphatic rings. The van der Waals surface area contributed by atoms with E-state index in [1.54, 1.807) is 30.3 Å². The number of aliphatic hydroxyl groups is 1. The molecule has 2 N–H and O–H groups in total. The van der Waals surface area contributed by atoms with Gasteiger partial charge in [0.25, 0.3) is 0 Å². The molecule has 0 unspecified atom stereocenters. The monoisotopic (exact) mass is 308 g/mol. The number of rotatable bonds is 4. The van der Waals surface area contributed by atoms with Gasteiger partial charge in [-0.1, -0.05) is 28.1 Å². The molecule has 0 saturated carbocycles. The Kier molecular flexibility index (Phi) is 4.23. The summed E-state index contributed by atoms with van der Waals surface area (Å²) in [6, 6.07) is 12.3. The summed E-state index contributed by atoms with van der Waals surface area (Å²) in [6.45, 7) is 0.393. The average molecular weight is 309 g/mol. The van der Waals surface area contributed by atoms with E-state index in [1.165, 1.54) is 0 Å². The Hall–Kier alpha value is -1.52. The highest BCUT2D eigenvalue weighted by Crippen LogP contribution is 2.23. The molecule has 0 fully saturated rings. The van der Waals surface area contributed by atoms with Gasteiger partial charge < -0.3 is 14.9 Å². The molecule has 0 radical (unpaired) electrons. The maximum Gasteiger partial charge on any atom is 0.120 e. The van der Waals surface area contributed by atoms with Crippen molar-refractivity contribution in [1.29, 1.82) is 0 Å². The lowest BCUT2D eigenvalue weighted by Crippen LogP contribution is -1.96. The summed E-state index contributed by atoms with van der Waals surface area (Å²) < 4.78 is 6.48. The lowest BCUT2D eigenvalue weighted by molar-refractivity contribution is 0.277. The molecule has 0 aliphatic carbocycles. The van der Waals surface area contributed by atoms with Gasteiger partial charge in [-0.2, -0.15) is 0 Å². The predicted octanol–water partition coefficient (Wildman–Crippen LogP) is 3.23. The van der Waals surface area contributed by atoms with E-state index in [9.17, 15) is 0 Å². The van der Waals surface area contributed by atoms with Gasteiger partial charge in [0.1, 0.15) is 18.1 Å². The summed E-state index contributed by atoms with van der Waals surface area (Å²) in [5.41, 5.74) is 1.76. The quantitative estimate of drug-likeness (QED) is 0.911. The van der Waals surface area contributed by atoms with Crippen LogP contribution in [0.15, 0.2) is 46.9 Å². The van der Waals surface area contributed by atoms with Crippen molar-refractivity contribution in [1.82, 2.24) is 0 Å². The Bertz CT molecular complexity index is 523. The van der Waals surface area contributed by atoms with Crippen LogP contribution in [0.5, 0.6) is 11.5 Å². The standard InChI is InChI=1S/C14H13BrO3/c15-14-6-5-13(7-11(14)8-16)18-9-10-1-3-12(17)4-2-10/h1-7,16-17H,8-9H2. The Labute approximate surface area is 114 Å². The largest absolute Gasteiger partial charge is 0.508 e. The number of phenols is 1. The number of ether oxygens (including phenoxy) is 1. The van der Waals surface area contributed by atoms with Crippen molar-refractivity contribution < 1.29 is 14.9 Å². The Morgan fingerprint density at radius 1 is 1.06 bits per heavy atom. The van der Waals surface area contributed by atoms with E-state index in [2.05, 4.69) is 15.9 Å². The minimum atomic E-state index is -0.0308. The molecule has 2 rings (SSSR count). The molecule has 0 aromatic heterocycles. The number of benzene rings is 2. The second-order valence-corrected chi connectivity index (χ2v) is 4.72. The van der Waals surface area contributed by atoms with Crippen molar-refractivity contribution >= 4 is 15.9 Å². The number of hydrogen-bond donors (Lipinski definition) is 2. The molecule has 0 aliphatic heterocycles. The molecule has 0 saturated heterocycles. The summed E-state index contributed by atoms with van der Waals surface area (Å²) in [5.74, 6) is 0.945. The molecule has 3 nitrogen and oxygen atoms in total. The van der Waals surface area contributed by atoms with E-state index < -0.39 is 0 Å². The van der Waals surface area contributed by atoms with Crippen LogP contribution in [-0.4, -0.2) is 10.2 Å². The molecular formula is C14H13BrO3. The average Bonchev–Trinajstić information content (AvgIpc) is 2.39. The first-order valence-electron chi connectivity index (χ1n) is 5.49. The third-order valence-electron chi connectivity index (χ3n) is 2.53. The number of aromatic hydroxyl groups is 1. The Morgan fingerprint density at radius 3 is 2.44 bits per heavy atom. The van der Waals surface area contributed by atoms with E-state index in [-0.39, 0.29) is 12.4 Å². The molecule has 0 bridgehead atoms. The molecule has 2 aromatic rings. The van der Waals surface area contributed by atoms with Crippen LogP contribution >= 0.6 is 15.9 Å². The third kappa shape index (κ3) is 3.24. The number of aliphatic hydroxyl groups excluding tert-OH is 1. The van der Waals surface area contributed by atoms with E-state index >= 15 is 0 Å². The first-order valence-corrected chi connectivity index (χ1v) is 6.28. The number of halogens is 1. The predicted molar refractivity (Wildman–Crippen MR) is 72.5 cm³/mol. The third-order valence-corrected chi connectivity index (χ3v) is 3.30. The van der Waals surface area contributed by atoms with Gasteiger partial charge in [0.15, 0.2) is 0 Å². The zero-order chi connectivity index (χ0) is 13.0. The second kappa shape index (κ2) is 5.89. The molecule has 18 heavy (non-hydrogen) atoms. The fraction of sp³-hybridized carbons (Fsp3) is 0.143. The second-order valence-electron chi connectivity index (χ2n) is 3.87. The minimum absolute atomic E-state index is 0.0308. The van der Waals surface area contributed by atoms with Crippen LogP contribution < -0.4 is 4.74 Å². The summed E-state index contributed by atoms with van der Waals surface area (Å²) in [7, 11) is 0. The van der Waals surface area contributed by atoms with Crippen LogP contribution in [0.1, 0.15) is 11.1 Å². The normalized spacial score (nSPS) is 10.3. The van der Waals surface area contributed by atoms with E-state index in [4.69, 9.17) is 14.9 Å². The summed E-state index contributed by atoms with van der Waals surface area (Å²) in [5, 5.41) is 18.3. The van der Waals surface area contributed by atoms with Crippen LogP contribution in [0.3, 0.4) is 0 Å². The molecule has 0 heterocycles. The fourth-order valence-corrected chi connectivity index (χ4v) is 1.89. The van der Waals surface area contributed by atoms with Gasteiger partial charge in [0, 0.05) is 4.47 Å². The lowest BCUT2D eigenvalue weighted by Gasteiger charge is -2.08. The first-order chi connectivity index (χ1) is 8.69. The van der Waals surface area contributed by atoms with Gasteiger partial charge in [0.2, 0.25) is 0 Å². The van der Waals surface area contributed by atoms with Crippen LogP contribution in [0.25, 0.3) is 0 Å². The Morgan fingerprint density at radius 2 is 1.78 bits per heavy atom. The van der Waals surface area contributed by atoms with E-state index in [0.717, 1.165) is 15.6 Å². The summed E-state index contributed by atoms with van der Waals surface area (Å²) in [4.78, 5) is 0. The highest BCUT2D eigenvalue weighted by atomic mass is 79.9. The lowest BCUT2D eigenvalue weighted by atomic mass is 10.2. The SMILES string of the molecule is OCc1cc(OCc2ccc(O)cc2)ccc1Br. The van der Waals surface area contributed by atoms with E-state index in [1.807, 2.05) is 12.1 Å². The number of hydrogen-bond acceptors (Lipinski definition) is 3. The van der Waals surface area contributed by atoms with Crippen LogP contribution in [0.4, 0.5) is 0 Å². The summed E-state index contributed by atoms with van der Waals surface area (Å²) >= 11 is 3.35. The van der Waals surface area contributed by atoms with Crippen molar-refractivity contribution in [3.8, 4) is 11.5 Å². The van der Waals surface area contributed by atoms with Crippen molar-refractivity contribution in [2.75, 3.05) is 0 Å². The molecular weight excluding hydrogens is 296 g/mol. The highest BCUT2D eigenvalue weighted by molar-refractivity contribution is 9.10. The molecule has 4 heteroatoms. The van der Waals surface area contributed by atoms with Gasteiger partial charge in [-0.15, -0.1) is 0 Å². The molecule has 0 atom stereocenters. The summed E-state index contributed by atoms with van der Waals surface area (Å²) in [6.07, 6.45) is 0. The zero-order valence-electron chi connectivity index (χ0n) is 9.64. The van der Waals surface area contributed by atoms with Gasteiger partial charge in [-0.3, -0.25) is 0 Å². The van der Waals surface area contributed by atoms with Crippen LogP contribution in [-0.2, 0) is 13.2 Å². The van der Waals surface area contributed by atoms with Gasteiger partial charge >= 0.3 is 0 Å². The van der Waals surface area contributed by atoms with Crippen LogP contribution in [0, 0.1) is 0 Å². The van der Waals surface area contributed by atoms with Crippen molar-refractivity contribution in [3.05, 3.63) is 58.1 Å². The maximum atomic E-state index is 9.17. The molecule has 0 amide bonds. The van der Waals surface area contributed by atoms with Crippen molar-refractivity contribution in [2.24, 2.45) is 0 Å². The van der Waals surface area contributed by atoms with Crippen molar-refractivity contribution in [2.45, 2.75) is 13.2 Å². The van der Waals surface area contributed by atoms with Gasteiger partial charge in [0.05, 0.1) is 6.61 Å². The minimum Gasteiger partial charge on any atom is -0.508 e. The Balaban J connectivity index is 2.04. The van der Waals surface area contributed by atoms with Crippen LogP contribution in [0.2, 0.25) is 0 Å². The van der Waals surface area contributed by atoms with Crippen molar-refractivity contribution in [3.63, 3.8) is 0 Å².